The van der Waals surface area contributed by atoms with Gasteiger partial charge in [0, 0.05) is 12.8 Å². The van der Waals surface area contributed by atoms with Crippen LogP contribution in [-0.4, -0.2) is 36.9 Å². The highest BCUT2D eigenvalue weighted by atomic mass is 35.5. The third kappa shape index (κ3) is 4.74. The molecule has 0 spiro atoms. The number of hydrogen-bond acceptors (Lipinski definition) is 6. The van der Waals surface area contributed by atoms with Crippen molar-refractivity contribution in [1.29, 1.82) is 0 Å². The lowest BCUT2D eigenvalue weighted by Crippen LogP contribution is -2.12. The topological polar surface area (TPSA) is 98.0 Å². The number of nitrogens with zero attached hydrogens (tertiary/aromatic N) is 2. The van der Waals surface area contributed by atoms with Crippen molar-refractivity contribution < 1.29 is 8.42 Å². The maximum Gasteiger partial charge on any atom is 0.224 e. The number of sulfone groups is 1. The summed E-state index contributed by atoms with van der Waals surface area (Å²) < 4.78 is 21.8. The Morgan fingerprint density at radius 3 is 2.65 bits per heavy atom. The highest BCUT2D eigenvalue weighted by Crippen LogP contribution is 2.20. The maximum atomic E-state index is 10.9. The summed E-state index contributed by atoms with van der Waals surface area (Å²) in [6.07, 6.45) is 1.69. The predicted octanol–water partition coefficient (Wildman–Crippen LogP) is 0.867. The number of hydrogen-bond donors (Lipinski definition) is 2. The number of nitrogens with two attached hydrogens (primary N) is 1. The van der Waals surface area contributed by atoms with Crippen LogP contribution in [0.1, 0.15) is 12.1 Å². The molecule has 3 N–H and O–H groups in total. The fourth-order valence-electron chi connectivity index (χ4n) is 1.22. The maximum absolute atomic E-state index is 10.9. The average molecular weight is 279 g/mol. The van der Waals surface area contributed by atoms with Crippen molar-refractivity contribution in [2.24, 2.45) is 0 Å². The molecule has 0 aliphatic carbocycles. The zero-order valence-electron chi connectivity index (χ0n) is 9.70. The van der Waals surface area contributed by atoms with Gasteiger partial charge in [-0.2, -0.15) is 4.98 Å². The Labute approximate surface area is 106 Å². The number of nitrogens with one attached hydrogen (secondary N) is 1. The summed E-state index contributed by atoms with van der Waals surface area (Å²) in [6, 6.07) is 0. The Morgan fingerprint density at radius 1 is 1.41 bits per heavy atom. The molecule has 0 radical (unpaired) electrons. The fourth-order valence-corrected chi connectivity index (χ4v) is 2.10. The Morgan fingerprint density at radius 2 is 2.06 bits per heavy atom. The Bertz CT molecular complexity index is 504. The van der Waals surface area contributed by atoms with Gasteiger partial charge in [0.15, 0.2) is 5.82 Å². The summed E-state index contributed by atoms with van der Waals surface area (Å²) in [5.41, 5.74) is 6.77. The molecule has 0 saturated carbocycles. The summed E-state index contributed by atoms with van der Waals surface area (Å²) in [5.74, 6) is 0.563. The van der Waals surface area contributed by atoms with Crippen LogP contribution in [0.15, 0.2) is 0 Å². The molecule has 1 aromatic heterocycles. The third-order valence-corrected chi connectivity index (χ3v) is 3.29. The quantitative estimate of drug-likeness (QED) is 0.612. The zero-order chi connectivity index (χ0) is 13.1. The Hall–Kier alpha value is -1.08. The Balaban J connectivity index is 2.58. The molecule has 0 fully saturated rings. The van der Waals surface area contributed by atoms with Gasteiger partial charge in [0.1, 0.15) is 9.84 Å². The Kier molecular flexibility index (Phi) is 4.53. The van der Waals surface area contributed by atoms with Gasteiger partial charge >= 0.3 is 0 Å². The van der Waals surface area contributed by atoms with Crippen molar-refractivity contribution in [3.8, 4) is 0 Å². The second-order valence-electron chi connectivity index (χ2n) is 3.75. The van der Waals surface area contributed by atoms with Gasteiger partial charge in [0.05, 0.1) is 17.1 Å². The smallest absolute Gasteiger partial charge is 0.224 e. The average Bonchev–Trinajstić information content (AvgIpc) is 2.18. The van der Waals surface area contributed by atoms with E-state index in [4.69, 9.17) is 17.3 Å². The van der Waals surface area contributed by atoms with E-state index in [-0.39, 0.29) is 11.0 Å². The standard InChI is InChI=1S/C9H15ClN4O2S/c1-6-7(11)8(14-9(10)13-6)12-4-3-5-17(2,15)16/h3-5,11H2,1-2H3,(H,12,13,14). The van der Waals surface area contributed by atoms with Crippen LogP contribution in [0.4, 0.5) is 11.5 Å². The minimum Gasteiger partial charge on any atom is -0.394 e. The van der Waals surface area contributed by atoms with Crippen molar-refractivity contribution in [2.75, 3.05) is 29.6 Å². The first-order valence-electron chi connectivity index (χ1n) is 5.01. The van der Waals surface area contributed by atoms with Crippen LogP contribution >= 0.6 is 11.6 Å². The lowest BCUT2D eigenvalue weighted by molar-refractivity contribution is 0.600. The molecule has 1 heterocycles. The van der Waals surface area contributed by atoms with E-state index in [0.717, 1.165) is 0 Å². The first-order chi connectivity index (χ1) is 7.79. The van der Waals surface area contributed by atoms with Crippen molar-refractivity contribution in [3.63, 3.8) is 0 Å². The molecule has 6 nitrogen and oxygen atoms in total. The number of anilines is 2. The number of nitrogen functional groups attached to an aromatic ring is 1. The van der Waals surface area contributed by atoms with Crippen LogP contribution in [0.5, 0.6) is 0 Å². The van der Waals surface area contributed by atoms with Gasteiger partial charge in [-0.3, -0.25) is 0 Å². The van der Waals surface area contributed by atoms with Crippen LogP contribution in [0.3, 0.4) is 0 Å². The number of rotatable bonds is 5. The monoisotopic (exact) mass is 278 g/mol. The molecule has 0 saturated heterocycles. The van der Waals surface area contributed by atoms with Crippen LogP contribution in [0, 0.1) is 6.92 Å². The normalized spacial score (nSPS) is 11.5. The molecule has 1 rings (SSSR count). The zero-order valence-corrected chi connectivity index (χ0v) is 11.3. The van der Waals surface area contributed by atoms with Crippen molar-refractivity contribution in [2.45, 2.75) is 13.3 Å². The van der Waals surface area contributed by atoms with Crippen molar-refractivity contribution >= 4 is 32.9 Å². The molecule has 0 atom stereocenters. The summed E-state index contributed by atoms with van der Waals surface area (Å²) >= 11 is 5.69. The SMILES string of the molecule is Cc1nc(Cl)nc(NCCCS(C)(=O)=O)c1N. The lowest BCUT2D eigenvalue weighted by Gasteiger charge is -2.09. The summed E-state index contributed by atoms with van der Waals surface area (Å²) in [4.78, 5) is 7.83. The van der Waals surface area contributed by atoms with Gasteiger partial charge < -0.3 is 11.1 Å². The summed E-state index contributed by atoms with van der Waals surface area (Å²) in [5, 5.41) is 3.06. The number of halogens is 1. The van der Waals surface area contributed by atoms with Crippen molar-refractivity contribution in [3.05, 3.63) is 11.0 Å². The minimum atomic E-state index is -2.94. The van der Waals surface area contributed by atoms with E-state index in [0.29, 0.717) is 30.2 Å². The van der Waals surface area contributed by atoms with Gasteiger partial charge in [-0.05, 0) is 24.9 Å². The highest BCUT2D eigenvalue weighted by Gasteiger charge is 2.07. The van der Waals surface area contributed by atoms with E-state index in [1.54, 1.807) is 6.92 Å². The molecule has 1 aromatic rings. The minimum absolute atomic E-state index is 0.113. The van der Waals surface area contributed by atoms with Crippen LogP contribution in [0.25, 0.3) is 0 Å². The molecule has 17 heavy (non-hydrogen) atoms. The van der Waals surface area contributed by atoms with E-state index >= 15 is 0 Å². The summed E-state index contributed by atoms with van der Waals surface area (Å²) in [6.45, 7) is 2.19. The van der Waals surface area contributed by atoms with E-state index in [1.165, 1.54) is 6.26 Å². The molecule has 0 aromatic carbocycles. The molecule has 8 heteroatoms. The summed E-state index contributed by atoms with van der Waals surface area (Å²) in [7, 11) is -2.94. The van der Waals surface area contributed by atoms with Gasteiger partial charge in [-0.25, -0.2) is 13.4 Å². The molecule has 0 amide bonds. The van der Waals surface area contributed by atoms with Crippen LogP contribution < -0.4 is 11.1 Å². The largest absolute Gasteiger partial charge is 0.394 e. The molecular weight excluding hydrogens is 264 g/mol. The lowest BCUT2D eigenvalue weighted by atomic mass is 10.3. The molecule has 96 valence electrons. The molecular formula is C9H15ClN4O2S. The van der Waals surface area contributed by atoms with Crippen molar-refractivity contribution in [1.82, 2.24) is 9.97 Å². The highest BCUT2D eigenvalue weighted by molar-refractivity contribution is 7.90. The molecule has 0 unspecified atom stereocenters. The molecule has 0 bridgehead atoms. The van der Waals surface area contributed by atoms with E-state index in [9.17, 15) is 8.42 Å². The number of aryl methyl sites for hydroxylation is 1. The second kappa shape index (κ2) is 5.50. The fraction of sp³-hybridized carbons (Fsp3) is 0.556. The van der Waals surface area contributed by atoms with Gasteiger partial charge in [-0.1, -0.05) is 0 Å². The van der Waals surface area contributed by atoms with Crippen LogP contribution in [0.2, 0.25) is 5.28 Å². The van der Waals surface area contributed by atoms with Gasteiger partial charge in [0.25, 0.3) is 0 Å². The van der Waals surface area contributed by atoms with Crippen LogP contribution in [-0.2, 0) is 9.84 Å². The predicted molar refractivity (Wildman–Crippen MR) is 69.0 cm³/mol. The van der Waals surface area contributed by atoms with E-state index < -0.39 is 9.84 Å². The first kappa shape index (κ1) is 14.0. The van der Waals surface area contributed by atoms with E-state index in [2.05, 4.69) is 15.3 Å². The third-order valence-electron chi connectivity index (χ3n) is 2.09. The van der Waals surface area contributed by atoms with Gasteiger partial charge in [0.2, 0.25) is 5.28 Å². The second-order valence-corrected chi connectivity index (χ2v) is 6.35. The van der Waals surface area contributed by atoms with Gasteiger partial charge in [-0.15, -0.1) is 0 Å². The van der Waals surface area contributed by atoms with E-state index in [1.807, 2.05) is 0 Å². The molecule has 0 aliphatic rings. The first-order valence-corrected chi connectivity index (χ1v) is 7.44. The molecule has 0 aliphatic heterocycles. The number of aromatic nitrogens is 2.